The maximum Gasteiger partial charge on any atom is 0.454 e. The lowest BCUT2D eigenvalue weighted by Crippen LogP contribution is -2.22. The Kier molecular flexibility index (Phi) is 3.79. The van der Waals surface area contributed by atoms with Crippen LogP contribution in [0.3, 0.4) is 0 Å². The second kappa shape index (κ2) is 5.36. The zero-order chi connectivity index (χ0) is 14.8. The highest BCUT2D eigenvalue weighted by Crippen LogP contribution is 2.27. The Morgan fingerprint density at radius 1 is 1.00 bits per heavy atom. The van der Waals surface area contributed by atoms with Gasteiger partial charge in [-0.2, -0.15) is 13.2 Å². The van der Waals surface area contributed by atoms with Crippen molar-refractivity contribution in [2.45, 2.75) is 6.18 Å². The summed E-state index contributed by atoms with van der Waals surface area (Å²) in [6.45, 7) is 0. The number of halogens is 3. The summed E-state index contributed by atoms with van der Waals surface area (Å²) in [5, 5.41) is 0. The van der Waals surface area contributed by atoms with E-state index in [2.05, 4.69) is 0 Å². The van der Waals surface area contributed by atoms with Crippen LogP contribution in [0.25, 0.3) is 11.1 Å². The fourth-order valence-electron chi connectivity index (χ4n) is 1.81. The molecule has 0 heterocycles. The van der Waals surface area contributed by atoms with Crippen molar-refractivity contribution in [2.75, 3.05) is 7.11 Å². The second-order valence-electron chi connectivity index (χ2n) is 4.14. The molecule has 2 rings (SSSR count). The Hall–Kier alpha value is -2.30. The van der Waals surface area contributed by atoms with Gasteiger partial charge in [-0.15, -0.1) is 0 Å². The number of benzene rings is 2. The van der Waals surface area contributed by atoms with E-state index in [1.807, 2.05) is 0 Å². The second-order valence-corrected chi connectivity index (χ2v) is 4.14. The zero-order valence-corrected chi connectivity index (χ0v) is 10.6. The number of rotatable bonds is 3. The van der Waals surface area contributed by atoms with Crippen molar-refractivity contribution in [3.05, 3.63) is 54.1 Å². The van der Waals surface area contributed by atoms with E-state index in [0.29, 0.717) is 16.9 Å². The van der Waals surface area contributed by atoms with Gasteiger partial charge in [-0.25, -0.2) is 0 Å². The summed E-state index contributed by atoms with van der Waals surface area (Å²) in [4.78, 5) is 11.2. The summed E-state index contributed by atoms with van der Waals surface area (Å²) >= 11 is 0. The third-order valence-corrected chi connectivity index (χ3v) is 2.79. The van der Waals surface area contributed by atoms with Gasteiger partial charge in [0.15, 0.2) is 0 Å². The molecule has 0 radical (unpaired) electrons. The van der Waals surface area contributed by atoms with Crippen LogP contribution < -0.4 is 4.74 Å². The zero-order valence-electron chi connectivity index (χ0n) is 10.6. The Morgan fingerprint density at radius 2 is 1.60 bits per heavy atom. The fourth-order valence-corrected chi connectivity index (χ4v) is 1.81. The number of methoxy groups -OCH3 is 1. The fraction of sp³-hybridized carbons (Fsp3) is 0.133. The van der Waals surface area contributed by atoms with E-state index in [0.717, 1.165) is 6.07 Å². The molecule has 0 spiro atoms. The smallest absolute Gasteiger partial charge is 0.454 e. The van der Waals surface area contributed by atoms with Gasteiger partial charge in [0.05, 0.1) is 7.11 Å². The average Bonchev–Trinajstić information content (AvgIpc) is 2.45. The number of alkyl halides is 3. The van der Waals surface area contributed by atoms with Gasteiger partial charge < -0.3 is 4.74 Å². The molecule has 0 amide bonds. The van der Waals surface area contributed by atoms with Gasteiger partial charge in [-0.1, -0.05) is 30.3 Å². The van der Waals surface area contributed by atoms with Crippen molar-refractivity contribution in [1.82, 2.24) is 0 Å². The minimum absolute atomic E-state index is 0.377. The average molecular weight is 280 g/mol. The quantitative estimate of drug-likeness (QED) is 0.791. The molecule has 2 aromatic rings. The molecule has 2 aromatic carbocycles. The van der Waals surface area contributed by atoms with Gasteiger partial charge in [0.25, 0.3) is 5.78 Å². The van der Waals surface area contributed by atoms with Crippen LogP contribution in [-0.2, 0) is 0 Å². The SMILES string of the molecule is COc1cccc(-c2cccc(C(=O)C(F)(F)F)c2)c1. The van der Waals surface area contributed by atoms with E-state index in [4.69, 9.17) is 4.74 Å². The van der Waals surface area contributed by atoms with Crippen LogP contribution in [0.1, 0.15) is 10.4 Å². The Bertz CT molecular complexity index is 633. The highest BCUT2D eigenvalue weighted by atomic mass is 19.4. The van der Waals surface area contributed by atoms with E-state index >= 15 is 0 Å². The predicted molar refractivity (Wildman–Crippen MR) is 68.8 cm³/mol. The van der Waals surface area contributed by atoms with Crippen LogP contribution in [0, 0.1) is 0 Å². The summed E-state index contributed by atoms with van der Waals surface area (Å²) in [7, 11) is 1.50. The number of hydrogen-bond acceptors (Lipinski definition) is 2. The summed E-state index contributed by atoms with van der Waals surface area (Å²) in [6.07, 6.45) is -4.87. The van der Waals surface area contributed by atoms with E-state index in [1.165, 1.54) is 19.2 Å². The normalized spacial score (nSPS) is 11.2. The number of Topliss-reactive ketones (excluding diaryl/α,β-unsaturated/α-hetero) is 1. The van der Waals surface area contributed by atoms with Gasteiger partial charge in [0.1, 0.15) is 5.75 Å². The van der Waals surface area contributed by atoms with Crippen molar-refractivity contribution in [1.29, 1.82) is 0 Å². The molecule has 0 aromatic heterocycles. The summed E-state index contributed by atoms with van der Waals surface area (Å²) < 4.78 is 42.3. The standard InChI is InChI=1S/C15H11F3O2/c1-20-13-7-3-5-11(9-13)10-4-2-6-12(8-10)14(19)15(16,17)18/h2-9H,1H3. The van der Waals surface area contributed by atoms with Crippen LogP contribution in [0.4, 0.5) is 13.2 Å². The molecule has 0 fully saturated rings. The molecular weight excluding hydrogens is 269 g/mol. The molecule has 0 aliphatic carbocycles. The van der Waals surface area contributed by atoms with E-state index < -0.39 is 12.0 Å². The number of ether oxygens (including phenoxy) is 1. The van der Waals surface area contributed by atoms with Crippen LogP contribution in [0.15, 0.2) is 48.5 Å². The number of hydrogen-bond donors (Lipinski definition) is 0. The molecule has 0 saturated carbocycles. The first-order valence-electron chi connectivity index (χ1n) is 5.78. The van der Waals surface area contributed by atoms with Gasteiger partial charge in [0.2, 0.25) is 0 Å². The number of ketones is 1. The Morgan fingerprint density at radius 3 is 2.20 bits per heavy atom. The van der Waals surface area contributed by atoms with Crippen LogP contribution >= 0.6 is 0 Å². The van der Waals surface area contributed by atoms with Crippen molar-refractivity contribution in [3.8, 4) is 16.9 Å². The first-order chi connectivity index (χ1) is 9.41. The predicted octanol–water partition coefficient (Wildman–Crippen LogP) is 4.11. The van der Waals surface area contributed by atoms with Crippen LogP contribution in [-0.4, -0.2) is 19.1 Å². The first-order valence-corrected chi connectivity index (χ1v) is 5.78. The lowest BCUT2D eigenvalue weighted by atomic mass is 10.0. The molecule has 5 heteroatoms. The Balaban J connectivity index is 2.41. The van der Waals surface area contributed by atoms with Crippen molar-refractivity contribution in [2.24, 2.45) is 0 Å². The van der Waals surface area contributed by atoms with Crippen LogP contribution in [0.2, 0.25) is 0 Å². The summed E-state index contributed by atoms with van der Waals surface area (Å²) in [5.41, 5.74) is 0.831. The highest BCUT2D eigenvalue weighted by molar-refractivity contribution is 6.01. The van der Waals surface area contributed by atoms with E-state index in [9.17, 15) is 18.0 Å². The topological polar surface area (TPSA) is 26.3 Å². The summed E-state index contributed by atoms with van der Waals surface area (Å²) in [5.74, 6) is -1.25. The molecule has 20 heavy (non-hydrogen) atoms. The largest absolute Gasteiger partial charge is 0.497 e. The molecule has 0 aliphatic heterocycles. The highest BCUT2D eigenvalue weighted by Gasteiger charge is 2.39. The van der Waals surface area contributed by atoms with Crippen molar-refractivity contribution < 1.29 is 22.7 Å². The van der Waals surface area contributed by atoms with Crippen molar-refractivity contribution in [3.63, 3.8) is 0 Å². The van der Waals surface area contributed by atoms with Gasteiger partial charge >= 0.3 is 6.18 Å². The van der Waals surface area contributed by atoms with Gasteiger partial charge in [-0.3, -0.25) is 4.79 Å². The minimum atomic E-state index is -4.87. The van der Waals surface area contributed by atoms with E-state index in [1.54, 1.807) is 30.3 Å². The van der Waals surface area contributed by atoms with Gasteiger partial charge in [0, 0.05) is 5.56 Å². The third-order valence-electron chi connectivity index (χ3n) is 2.79. The van der Waals surface area contributed by atoms with Gasteiger partial charge in [-0.05, 0) is 29.3 Å². The Labute approximate surface area is 113 Å². The molecule has 0 aliphatic rings. The molecule has 0 atom stereocenters. The molecule has 104 valence electrons. The first kappa shape index (κ1) is 14.1. The van der Waals surface area contributed by atoms with Crippen molar-refractivity contribution >= 4 is 5.78 Å². The molecule has 0 N–H and O–H groups in total. The third kappa shape index (κ3) is 2.99. The molecule has 0 bridgehead atoms. The van der Waals surface area contributed by atoms with Crippen LogP contribution in [0.5, 0.6) is 5.75 Å². The molecule has 0 saturated heterocycles. The number of carbonyl (C=O) groups is 1. The summed E-state index contributed by atoms with van der Waals surface area (Å²) in [6, 6.07) is 12.3. The monoisotopic (exact) mass is 280 g/mol. The molecule has 0 unspecified atom stereocenters. The minimum Gasteiger partial charge on any atom is -0.497 e. The lowest BCUT2D eigenvalue weighted by Gasteiger charge is -2.08. The maximum absolute atomic E-state index is 12.4. The van der Waals surface area contributed by atoms with E-state index in [-0.39, 0.29) is 5.56 Å². The maximum atomic E-state index is 12.4. The molecular formula is C15H11F3O2. The number of carbonyl (C=O) groups excluding carboxylic acids is 1. The molecule has 2 nitrogen and oxygen atoms in total. The lowest BCUT2D eigenvalue weighted by molar-refractivity contribution is -0.0885.